The van der Waals surface area contributed by atoms with E-state index in [9.17, 15) is 4.39 Å². The van der Waals surface area contributed by atoms with Gasteiger partial charge in [0.2, 0.25) is 0 Å². The summed E-state index contributed by atoms with van der Waals surface area (Å²) in [5, 5.41) is 3.40. The van der Waals surface area contributed by atoms with Crippen molar-refractivity contribution in [3.05, 3.63) is 65.5 Å². The van der Waals surface area contributed by atoms with Gasteiger partial charge >= 0.3 is 0 Å². The molecule has 0 radical (unpaired) electrons. The molecule has 0 atom stereocenters. The van der Waals surface area contributed by atoms with Crippen molar-refractivity contribution in [3.63, 3.8) is 0 Å². The summed E-state index contributed by atoms with van der Waals surface area (Å²) in [6.45, 7) is 4.90. The minimum atomic E-state index is -0.190. The predicted octanol–water partition coefficient (Wildman–Crippen LogP) is 3.96. The van der Waals surface area contributed by atoms with Crippen LogP contribution in [0, 0.1) is 5.82 Å². The van der Waals surface area contributed by atoms with Crippen molar-refractivity contribution >= 4 is 5.69 Å². The van der Waals surface area contributed by atoms with Gasteiger partial charge in [0, 0.05) is 25.8 Å². The second kappa shape index (κ2) is 7.79. The zero-order chi connectivity index (χ0) is 15.1. The van der Waals surface area contributed by atoms with Gasteiger partial charge in [-0.3, -0.25) is 0 Å². The summed E-state index contributed by atoms with van der Waals surface area (Å²) in [4.78, 5) is 2.16. The molecule has 0 heterocycles. The molecule has 112 valence electrons. The lowest BCUT2D eigenvalue weighted by Crippen LogP contribution is -2.17. The normalized spacial score (nSPS) is 10.6. The Morgan fingerprint density at radius 2 is 1.57 bits per heavy atom. The maximum Gasteiger partial charge on any atom is 0.123 e. The lowest BCUT2D eigenvalue weighted by molar-refractivity contribution is 0.627. The molecule has 2 rings (SSSR count). The van der Waals surface area contributed by atoms with E-state index in [1.54, 1.807) is 0 Å². The molecule has 0 unspecified atom stereocenters. The number of halogens is 1. The summed E-state index contributed by atoms with van der Waals surface area (Å²) >= 11 is 0. The summed E-state index contributed by atoms with van der Waals surface area (Å²) < 4.78 is 12.9. The molecule has 0 fully saturated rings. The highest BCUT2D eigenvalue weighted by Crippen LogP contribution is 2.16. The number of benzene rings is 2. The van der Waals surface area contributed by atoms with E-state index < -0.39 is 0 Å². The van der Waals surface area contributed by atoms with Crippen LogP contribution >= 0.6 is 0 Å². The molecular weight excluding hydrogens is 263 g/mol. The summed E-state index contributed by atoms with van der Waals surface area (Å²) in [6.07, 6.45) is 1.15. The third-order valence-corrected chi connectivity index (χ3v) is 3.47. The van der Waals surface area contributed by atoms with E-state index in [0.29, 0.717) is 0 Å². The van der Waals surface area contributed by atoms with Crippen molar-refractivity contribution in [2.24, 2.45) is 0 Å². The van der Waals surface area contributed by atoms with Crippen LogP contribution in [-0.2, 0) is 13.1 Å². The van der Waals surface area contributed by atoms with Crippen LogP contribution in [0.15, 0.2) is 48.5 Å². The standard InChI is InChI=1S/C18H23FN2/c1-3-12-20-13-15-6-10-18(11-7-15)21(2)14-16-4-8-17(19)9-5-16/h4-11,20H,3,12-14H2,1-2H3. The van der Waals surface area contributed by atoms with E-state index in [1.807, 2.05) is 19.2 Å². The first-order chi connectivity index (χ1) is 10.2. The molecule has 0 aliphatic rings. The highest BCUT2D eigenvalue weighted by Gasteiger charge is 2.03. The van der Waals surface area contributed by atoms with E-state index in [-0.39, 0.29) is 5.82 Å². The van der Waals surface area contributed by atoms with Crippen molar-refractivity contribution < 1.29 is 4.39 Å². The van der Waals surface area contributed by atoms with Gasteiger partial charge in [0.05, 0.1) is 0 Å². The molecule has 2 nitrogen and oxygen atoms in total. The molecular formula is C18H23FN2. The Labute approximate surface area is 126 Å². The van der Waals surface area contributed by atoms with Gasteiger partial charge in [-0.15, -0.1) is 0 Å². The molecule has 0 saturated heterocycles. The summed E-state index contributed by atoms with van der Waals surface area (Å²) in [5.74, 6) is -0.190. The van der Waals surface area contributed by atoms with Crippen molar-refractivity contribution in [2.45, 2.75) is 26.4 Å². The highest BCUT2D eigenvalue weighted by molar-refractivity contribution is 5.47. The maximum absolute atomic E-state index is 12.9. The molecule has 0 spiro atoms. The van der Waals surface area contributed by atoms with Gasteiger partial charge in [0.15, 0.2) is 0 Å². The fourth-order valence-corrected chi connectivity index (χ4v) is 2.23. The Kier molecular flexibility index (Phi) is 5.76. The van der Waals surface area contributed by atoms with Crippen LogP contribution in [-0.4, -0.2) is 13.6 Å². The van der Waals surface area contributed by atoms with E-state index in [1.165, 1.54) is 23.4 Å². The Balaban J connectivity index is 1.93. The van der Waals surface area contributed by atoms with Crippen LogP contribution in [0.5, 0.6) is 0 Å². The SMILES string of the molecule is CCCNCc1ccc(N(C)Cc2ccc(F)cc2)cc1. The second-order valence-corrected chi connectivity index (χ2v) is 5.33. The average Bonchev–Trinajstić information content (AvgIpc) is 2.50. The van der Waals surface area contributed by atoms with Crippen LogP contribution in [0.2, 0.25) is 0 Å². The molecule has 1 N–H and O–H groups in total. The smallest absolute Gasteiger partial charge is 0.123 e. The van der Waals surface area contributed by atoms with Crippen LogP contribution in [0.1, 0.15) is 24.5 Å². The quantitative estimate of drug-likeness (QED) is 0.775. The third-order valence-electron chi connectivity index (χ3n) is 3.47. The zero-order valence-electron chi connectivity index (χ0n) is 12.8. The van der Waals surface area contributed by atoms with Crippen molar-refractivity contribution in [1.82, 2.24) is 5.32 Å². The summed E-state index contributed by atoms with van der Waals surface area (Å²) in [6, 6.07) is 15.2. The Morgan fingerprint density at radius 3 is 2.19 bits per heavy atom. The number of nitrogens with one attached hydrogen (secondary N) is 1. The molecule has 0 saturated carbocycles. The third kappa shape index (κ3) is 4.87. The highest BCUT2D eigenvalue weighted by atomic mass is 19.1. The minimum absolute atomic E-state index is 0.190. The zero-order valence-corrected chi connectivity index (χ0v) is 12.8. The summed E-state index contributed by atoms with van der Waals surface area (Å²) in [5.41, 5.74) is 3.56. The average molecular weight is 286 g/mol. The van der Waals surface area contributed by atoms with Gasteiger partial charge in [-0.25, -0.2) is 4.39 Å². The molecule has 0 amide bonds. The van der Waals surface area contributed by atoms with Crippen LogP contribution in [0.3, 0.4) is 0 Å². The largest absolute Gasteiger partial charge is 0.370 e. The van der Waals surface area contributed by atoms with Crippen LogP contribution in [0.25, 0.3) is 0 Å². The second-order valence-electron chi connectivity index (χ2n) is 5.33. The molecule has 21 heavy (non-hydrogen) atoms. The Bertz CT molecular complexity index is 534. The van der Waals surface area contributed by atoms with Crippen molar-refractivity contribution in [2.75, 3.05) is 18.5 Å². The molecule has 0 aromatic heterocycles. The lowest BCUT2D eigenvalue weighted by atomic mass is 10.1. The molecule has 0 aliphatic carbocycles. The van der Waals surface area contributed by atoms with Crippen molar-refractivity contribution in [1.29, 1.82) is 0 Å². The van der Waals surface area contributed by atoms with Gasteiger partial charge < -0.3 is 10.2 Å². The fourth-order valence-electron chi connectivity index (χ4n) is 2.23. The number of rotatable bonds is 7. The first-order valence-electron chi connectivity index (χ1n) is 7.44. The maximum atomic E-state index is 12.9. The molecule has 0 aliphatic heterocycles. The van der Waals surface area contributed by atoms with E-state index in [2.05, 4.69) is 41.4 Å². The van der Waals surface area contributed by atoms with Gasteiger partial charge in [-0.05, 0) is 48.4 Å². The van der Waals surface area contributed by atoms with Crippen LogP contribution in [0.4, 0.5) is 10.1 Å². The van der Waals surface area contributed by atoms with Gasteiger partial charge in [-0.1, -0.05) is 31.2 Å². The predicted molar refractivity (Wildman–Crippen MR) is 86.9 cm³/mol. The molecule has 2 aromatic carbocycles. The van der Waals surface area contributed by atoms with Gasteiger partial charge in [-0.2, -0.15) is 0 Å². The lowest BCUT2D eigenvalue weighted by Gasteiger charge is -2.20. The van der Waals surface area contributed by atoms with Gasteiger partial charge in [0.25, 0.3) is 0 Å². The number of hydrogen-bond acceptors (Lipinski definition) is 2. The van der Waals surface area contributed by atoms with E-state index >= 15 is 0 Å². The van der Waals surface area contributed by atoms with E-state index in [0.717, 1.165) is 31.6 Å². The van der Waals surface area contributed by atoms with E-state index in [4.69, 9.17) is 0 Å². The first kappa shape index (κ1) is 15.5. The number of anilines is 1. The van der Waals surface area contributed by atoms with Crippen molar-refractivity contribution in [3.8, 4) is 0 Å². The monoisotopic (exact) mass is 286 g/mol. The topological polar surface area (TPSA) is 15.3 Å². The Morgan fingerprint density at radius 1 is 0.952 bits per heavy atom. The molecule has 0 bridgehead atoms. The number of nitrogens with zero attached hydrogens (tertiary/aromatic N) is 1. The number of hydrogen-bond donors (Lipinski definition) is 1. The Hall–Kier alpha value is -1.87. The molecule has 3 heteroatoms. The summed E-state index contributed by atoms with van der Waals surface area (Å²) in [7, 11) is 2.05. The molecule has 2 aromatic rings. The fraction of sp³-hybridized carbons (Fsp3) is 0.333. The van der Waals surface area contributed by atoms with Crippen LogP contribution < -0.4 is 10.2 Å². The minimum Gasteiger partial charge on any atom is -0.370 e. The van der Waals surface area contributed by atoms with Gasteiger partial charge in [0.1, 0.15) is 5.82 Å². The first-order valence-corrected chi connectivity index (χ1v) is 7.44.